The fourth-order valence-electron chi connectivity index (χ4n) is 1.85. The Balaban J connectivity index is 2.51. The van der Waals surface area contributed by atoms with Gasteiger partial charge in [-0.2, -0.15) is 0 Å². The van der Waals surface area contributed by atoms with Crippen molar-refractivity contribution in [2.45, 2.75) is 32.2 Å². The molecule has 2 heteroatoms. The van der Waals surface area contributed by atoms with E-state index < -0.39 is 0 Å². The molecule has 1 heterocycles. The lowest BCUT2D eigenvalue weighted by atomic mass is 9.90. The van der Waals surface area contributed by atoms with Gasteiger partial charge in [0.15, 0.2) is 0 Å². The maximum absolute atomic E-state index is 3.46. The van der Waals surface area contributed by atoms with Crippen LogP contribution in [0.2, 0.25) is 0 Å². The molecule has 2 nitrogen and oxygen atoms in total. The molecule has 0 aromatic heterocycles. The average Bonchev–Trinajstić information content (AvgIpc) is 2.13. The van der Waals surface area contributed by atoms with Crippen molar-refractivity contribution in [3.63, 3.8) is 0 Å². The molecular weight excluding hydrogens is 136 g/mol. The van der Waals surface area contributed by atoms with Crippen LogP contribution in [0.3, 0.4) is 0 Å². The third-order valence-electron chi connectivity index (χ3n) is 2.73. The van der Waals surface area contributed by atoms with Crippen LogP contribution in [0.15, 0.2) is 0 Å². The van der Waals surface area contributed by atoms with Crippen molar-refractivity contribution in [2.24, 2.45) is 5.92 Å². The summed E-state index contributed by atoms with van der Waals surface area (Å²) in [4.78, 5) is 0. The molecule has 11 heavy (non-hydrogen) atoms. The quantitative estimate of drug-likeness (QED) is 0.591. The molecule has 0 spiro atoms. The van der Waals surface area contributed by atoms with Crippen molar-refractivity contribution >= 4 is 0 Å². The molecular formula is C9H20N2. The highest BCUT2D eigenvalue weighted by Crippen LogP contribution is 2.20. The van der Waals surface area contributed by atoms with E-state index in [1.807, 2.05) is 0 Å². The SMILES string of the molecule is CNC1(C)CNCCC(C)C1. The molecule has 1 aliphatic rings. The second-order valence-electron chi connectivity index (χ2n) is 4.09. The van der Waals surface area contributed by atoms with Gasteiger partial charge in [0.25, 0.3) is 0 Å². The Morgan fingerprint density at radius 3 is 2.91 bits per heavy atom. The molecule has 66 valence electrons. The Labute approximate surface area is 69.8 Å². The van der Waals surface area contributed by atoms with Crippen LogP contribution in [0.25, 0.3) is 0 Å². The summed E-state index contributed by atoms with van der Waals surface area (Å²) in [6.45, 7) is 6.91. The van der Waals surface area contributed by atoms with Crippen molar-refractivity contribution in [3.05, 3.63) is 0 Å². The number of likely N-dealkylation sites (N-methyl/N-ethyl adjacent to an activating group) is 1. The van der Waals surface area contributed by atoms with Gasteiger partial charge in [-0.05, 0) is 39.3 Å². The zero-order chi connectivity index (χ0) is 8.32. The van der Waals surface area contributed by atoms with Crippen LogP contribution in [-0.2, 0) is 0 Å². The zero-order valence-corrected chi connectivity index (χ0v) is 7.91. The van der Waals surface area contributed by atoms with E-state index in [9.17, 15) is 0 Å². The minimum absolute atomic E-state index is 0.315. The molecule has 1 rings (SSSR count). The first-order valence-electron chi connectivity index (χ1n) is 4.56. The highest BCUT2D eigenvalue weighted by atomic mass is 15.0. The van der Waals surface area contributed by atoms with Gasteiger partial charge in [-0.1, -0.05) is 6.92 Å². The molecule has 0 bridgehead atoms. The van der Waals surface area contributed by atoms with E-state index in [2.05, 4.69) is 31.5 Å². The fourth-order valence-corrected chi connectivity index (χ4v) is 1.85. The lowest BCUT2D eigenvalue weighted by Crippen LogP contribution is -2.47. The van der Waals surface area contributed by atoms with Gasteiger partial charge in [-0.3, -0.25) is 0 Å². The van der Waals surface area contributed by atoms with Gasteiger partial charge < -0.3 is 10.6 Å². The number of rotatable bonds is 1. The summed E-state index contributed by atoms with van der Waals surface area (Å²) < 4.78 is 0. The normalized spacial score (nSPS) is 40.1. The van der Waals surface area contributed by atoms with E-state index in [4.69, 9.17) is 0 Å². The van der Waals surface area contributed by atoms with Gasteiger partial charge in [0.1, 0.15) is 0 Å². The Morgan fingerprint density at radius 1 is 1.55 bits per heavy atom. The third kappa shape index (κ3) is 2.46. The Hall–Kier alpha value is -0.0800. The van der Waals surface area contributed by atoms with E-state index >= 15 is 0 Å². The second kappa shape index (κ2) is 3.55. The molecule has 2 N–H and O–H groups in total. The number of hydrogen-bond donors (Lipinski definition) is 2. The molecule has 1 fully saturated rings. The zero-order valence-electron chi connectivity index (χ0n) is 7.91. The molecule has 1 aliphatic heterocycles. The second-order valence-corrected chi connectivity index (χ2v) is 4.09. The van der Waals surface area contributed by atoms with Crippen molar-refractivity contribution < 1.29 is 0 Å². The van der Waals surface area contributed by atoms with E-state index in [-0.39, 0.29) is 0 Å². The van der Waals surface area contributed by atoms with E-state index in [0.29, 0.717) is 5.54 Å². The van der Waals surface area contributed by atoms with E-state index in [0.717, 1.165) is 12.5 Å². The topological polar surface area (TPSA) is 24.1 Å². The molecule has 0 aromatic carbocycles. The molecule has 0 aliphatic carbocycles. The minimum atomic E-state index is 0.315. The van der Waals surface area contributed by atoms with Gasteiger partial charge in [0.2, 0.25) is 0 Å². The standard InChI is InChI=1S/C9H20N2/c1-8-4-5-11-7-9(2,6-8)10-3/h8,10-11H,4-7H2,1-3H3. The predicted octanol–water partition coefficient (Wildman–Crippen LogP) is 0.984. The van der Waals surface area contributed by atoms with Crippen molar-refractivity contribution in [1.29, 1.82) is 0 Å². The van der Waals surface area contributed by atoms with Crippen molar-refractivity contribution in [1.82, 2.24) is 10.6 Å². The van der Waals surface area contributed by atoms with Crippen LogP contribution >= 0.6 is 0 Å². The first-order chi connectivity index (χ1) is 5.16. The van der Waals surface area contributed by atoms with Crippen LogP contribution in [0.5, 0.6) is 0 Å². The third-order valence-corrected chi connectivity index (χ3v) is 2.73. The summed E-state index contributed by atoms with van der Waals surface area (Å²) >= 11 is 0. The Kier molecular flexibility index (Phi) is 2.90. The molecule has 0 radical (unpaired) electrons. The molecule has 0 amide bonds. The smallest absolute Gasteiger partial charge is 0.0277 e. The number of nitrogens with one attached hydrogen (secondary N) is 2. The lowest BCUT2D eigenvalue weighted by molar-refractivity contribution is 0.318. The van der Waals surface area contributed by atoms with Crippen LogP contribution in [0.1, 0.15) is 26.7 Å². The number of hydrogen-bond acceptors (Lipinski definition) is 2. The van der Waals surface area contributed by atoms with Crippen molar-refractivity contribution in [3.8, 4) is 0 Å². The van der Waals surface area contributed by atoms with Crippen molar-refractivity contribution in [2.75, 3.05) is 20.1 Å². The largest absolute Gasteiger partial charge is 0.315 e. The van der Waals surface area contributed by atoms with Crippen LogP contribution in [0.4, 0.5) is 0 Å². The van der Waals surface area contributed by atoms with Crippen LogP contribution < -0.4 is 10.6 Å². The van der Waals surface area contributed by atoms with E-state index in [1.54, 1.807) is 0 Å². The molecule has 2 atom stereocenters. The molecule has 0 aromatic rings. The van der Waals surface area contributed by atoms with E-state index in [1.165, 1.54) is 19.4 Å². The van der Waals surface area contributed by atoms with Gasteiger partial charge >= 0.3 is 0 Å². The predicted molar refractivity (Wildman–Crippen MR) is 48.7 cm³/mol. The molecule has 1 saturated heterocycles. The summed E-state index contributed by atoms with van der Waals surface area (Å²) in [5.41, 5.74) is 0.315. The van der Waals surface area contributed by atoms with Crippen LogP contribution in [-0.4, -0.2) is 25.7 Å². The maximum Gasteiger partial charge on any atom is 0.0277 e. The maximum atomic E-state index is 3.46. The first kappa shape index (κ1) is 9.01. The summed E-state index contributed by atoms with van der Waals surface area (Å²) in [7, 11) is 2.06. The highest BCUT2D eigenvalue weighted by Gasteiger charge is 2.26. The summed E-state index contributed by atoms with van der Waals surface area (Å²) in [6, 6.07) is 0. The average molecular weight is 156 g/mol. The van der Waals surface area contributed by atoms with Gasteiger partial charge in [0.05, 0.1) is 0 Å². The fraction of sp³-hybridized carbons (Fsp3) is 1.00. The van der Waals surface area contributed by atoms with Gasteiger partial charge in [-0.25, -0.2) is 0 Å². The Morgan fingerprint density at radius 2 is 2.27 bits per heavy atom. The highest BCUT2D eigenvalue weighted by molar-refractivity contribution is 4.88. The molecule has 0 saturated carbocycles. The minimum Gasteiger partial charge on any atom is -0.315 e. The van der Waals surface area contributed by atoms with Crippen LogP contribution in [0, 0.1) is 5.92 Å². The van der Waals surface area contributed by atoms with Gasteiger partial charge in [-0.15, -0.1) is 0 Å². The monoisotopic (exact) mass is 156 g/mol. The first-order valence-corrected chi connectivity index (χ1v) is 4.56. The van der Waals surface area contributed by atoms with Gasteiger partial charge in [0, 0.05) is 12.1 Å². The summed E-state index contributed by atoms with van der Waals surface area (Å²) in [6.07, 6.45) is 2.60. The summed E-state index contributed by atoms with van der Waals surface area (Å²) in [5.74, 6) is 0.849. The lowest BCUT2D eigenvalue weighted by Gasteiger charge is -2.29. The summed E-state index contributed by atoms with van der Waals surface area (Å²) in [5, 5.41) is 6.84. The Bertz CT molecular complexity index is 125. The molecule has 2 unspecified atom stereocenters.